The van der Waals surface area contributed by atoms with E-state index in [2.05, 4.69) is 17.6 Å². The van der Waals surface area contributed by atoms with Crippen LogP contribution in [0.2, 0.25) is 0 Å². The SMILES string of the molecule is COc1cc(/C=N\NC(=O)CC[NH+]2CC[NH+](C)CC2)c([N+](=O)[O-])cc1OC. The van der Waals surface area contributed by atoms with Crippen LogP contribution >= 0.6 is 0 Å². The smallest absolute Gasteiger partial charge is 0.282 e. The number of likely N-dealkylation sites (N-methyl/N-ethyl adjacent to an activating group) is 1. The zero-order valence-electron chi connectivity index (χ0n) is 15.9. The minimum Gasteiger partial charge on any atom is -0.493 e. The summed E-state index contributed by atoms with van der Waals surface area (Å²) in [6.45, 7) is 5.09. The number of ether oxygens (including phenoxy) is 2. The molecule has 1 aliphatic heterocycles. The largest absolute Gasteiger partial charge is 0.493 e. The van der Waals surface area contributed by atoms with Gasteiger partial charge in [-0.2, -0.15) is 5.10 Å². The van der Waals surface area contributed by atoms with E-state index in [9.17, 15) is 14.9 Å². The molecule has 0 aliphatic carbocycles. The number of carbonyl (C=O) groups is 1. The van der Waals surface area contributed by atoms with Crippen molar-refractivity contribution in [2.75, 3.05) is 54.0 Å². The van der Waals surface area contributed by atoms with Crippen molar-refractivity contribution in [3.8, 4) is 11.5 Å². The average Bonchev–Trinajstić information content (AvgIpc) is 2.66. The maximum absolute atomic E-state index is 12.0. The Bertz CT molecular complexity index is 701. The first-order chi connectivity index (χ1) is 12.9. The zero-order valence-corrected chi connectivity index (χ0v) is 15.9. The zero-order chi connectivity index (χ0) is 19.8. The van der Waals surface area contributed by atoms with Gasteiger partial charge in [0.2, 0.25) is 5.91 Å². The Hall–Kier alpha value is -2.72. The monoisotopic (exact) mass is 381 g/mol. The van der Waals surface area contributed by atoms with Gasteiger partial charge in [-0.05, 0) is 6.07 Å². The minimum absolute atomic E-state index is 0.185. The number of hydrogen-bond acceptors (Lipinski definition) is 6. The number of piperazine rings is 1. The number of nitro benzene ring substituents is 1. The van der Waals surface area contributed by atoms with Crippen LogP contribution in [-0.2, 0) is 4.79 Å². The third-order valence-electron chi connectivity index (χ3n) is 4.64. The molecule has 27 heavy (non-hydrogen) atoms. The highest BCUT2D eigenvalue weighted by Gasteiger charge is 2.21. The van der Waals surface area contributed by atoms with Crippen LogP contribution in [-0.4, -0.2) is 71.0 Å². The van der Waals surface area contributed by atoms with Gasteiger partial charge in [0.05, 0.1) is 57.0 Å². The summed E-state index contributed by atoms with van der Waals surface area (Å²) in [6.07, 6.45) is 1.60. The maximum Gasteiger partial charge on any atom is 0.282 e. The number of nitro groups is 1. The minimum atomic E-state index is -0.538. The summed E-state index contributed by atoms with van der Waals surface area (Å²) >= 11 is 0. The Morgan fingerprint density at radius 1 is 1.26 bits per heavy atom. The normalized spacial score (nSPS) is 19.7. The quantitative estimate of drug-likeness (QED) is 0.270. The Morgan fingerprint density at radius 2 is 1.89 bits per heavy atom. The summed E-state index contributed by atoms with van der Waals surface area (Å²) in [5.41, 5.74) is 2.46. The Morgan fingerprint density at radius 3 is 2.48 bits per heavy atom. The van der Waals surface area contributed by atoms with E-state index < -0.39 is 4.92 Å². The Labute approximate surface area is 157 Å². The summed E-state index contributed by atoms with van der Waals surface area (Å²) in [5.74, 6) is 0.382. The molecule has 1 aromatic carbocycles. The van der Waals surface area contributed by atoms with Crippen molar-refractivity contribution in [3.63, 3.8) is 0 Å². The standard InChI is InChI=1S/C17H25N5O5/c1-20-6-8-21(9-7-20)5-4-17(23)19-18-12-13-10-15(26-2)16(27-3)11-14(13)22(24)25/h10-12H,4-9H2,1-3H3,(H,19,23)/p+2/b18-12-. The molecule has 1 amide bonds. The lowest BCUT2D eigenvalue weighted by molar-refractivity contribution is -1.00. The molecule has 0 unspecified atom stereocenters. The van der Waals surface area contributed by atoms with Gasteiger partial charge in [-0.3, -0.25) is 14.9 Å². The van der Waals surface area contributed by atoms with Crippen LogP contribution in [0, 0.1) is 10.1 Å². The Kier molecular flexibility index (Phi) is 7.50. The molecule has 0 atom stereocenters. The fourth-order valence-electron chi connectivity index (χ4n) is 2.95. The number of hydrazone groups is 1. The molecule has 1 saturated heterocycles. The van der Waals surface area contributed by atoms with Gasteiger partial charge < -0.3 is 19.3 Å². The first kappa shape index (κ1) is 20.6. The molecule has 0 spiro atoms. The van der Waals surface area contributed by atoms with Crippen LogP contribution < -0.4 is 24.7 Å². The molecule has 0 aromatic heterocycles. The number of carbonyl (C=O) groups excluding carboxylic acids is 1. The van der Waals surface area contributed by atoms with Gasteiger partial charge >= 0.3 is 0 Å². The molecule has 1 heterocycles. The van der Waals surface area contributed by atoms with Crippen molar-refractivity contribution in [2.45, 2.75) is 6.42 Å². The van der Waals surface area contributed by atoms with Gasteiger partial charge in [-0.25, -0.2) is 5.43 Å². The van der Waals surface area contributed by atoms with Crippen LogP contribution in [0.15, 0.2) is 17.2 Å². The van der Waals surface area contributed by atoms with Gasteiger partial charge in [-0.15, -0.1) is 0 Å². The van der Waals surface area contributed by atoms with E-state index in [0.29, 0.717) is 12.2 Å². The fourth-order valence-corrected chi connectivity index (χ4v) is 2.95. The predicted molar refractivity (Wildman–Crippen MR) is 98.7 cm³/mol. The van der Waals surface area contributed by atoms with Crippen molar-refractivity contribution in [1.29, 1.82) is 0 Å². The number of hydrogen-bond donors (Lipinski definition) is 3. The molecular weight excluding hydrogens is 354 g/mol. The highest BCUT2D eigenvalue weighted by molar-refractivity contribution is 5.88. The van der Waals surface area contributed by atoms with Crippen molar-refractivity contribution >= 4 is 17.8 Å². The van der Waals surface area contributed by atoms with Crippen LogP contribution in [0.1, 0.15) is 12.0 Å². The van der Waals surface area contributed by atoms with E-state index in [4.69, 9.17) is 9.47 Å². The number of amides is 1. The van der Waals surface area contributed by atoms with E-state index in [1.807, 2.05) is 0 Å². The molecule has 0 bridgehead atoms. The van der Waals surface area contributed by atoms with E-state index >= 15 is 0 Å². The Balaban J connectivity index is 1.94. The summed E-state index contributed by atoms with van der Waals surface area (Å²) in [7, 11) is 5.01. The van der Waals surface area contributed by atoms with Gasteiger partial charge in [0.1, 0.15) is 26.2 Å². The van der Waals surface area contributed by atoms with Gasteiger partial charge in [-0.1, -0.05) is 0 Å². The van der Waals surface area contributed by atoms with Crippen molar-refractivity contribution in [1.82, 2.24) is 5.43 Å². The first-order valence-corrected chi connectivity index (χ1v) is 8.81. The number of benzene rings is 1. The number of nitrogens with one attached hydrogen (secondary N) is 3. The van der Waals surface area contributed by atoms with Crippen LogP contribution in [0.25, 0.3) is 0 Å². The number of quaternary nitrogens is 2. The maximum atomic E-state index is 12.0. The van der Waals surface area contributed by atoms with Gasteiger partial charge in [0, 0.05) is 0 Å². The second-order valence-corrected chi connectivity index (χ2v) is 6.52. The fraction of sp³-hybridized carbons (Fsp3) is 0.529. The molecule has 2 rings (SSSR count). The van der Waals surface area contributed by atoms with E-state index in [1.165, 1.54) is 42.4 Å². The second-order valence-electron chi connectivity index (χ2n) is 6.52. The lowest BCUT2D eigenvalue weighted by Crippen LogP contribution is -3.27. The molecule has 0 saturated carbocycles. The summed E-state index contributed by atoms with van der Waals surface area (Å²) in [6, 6.07) is 2.71. The van der Waals surface area contributed by atoms with Crippen molar-refractivity contribution in [2.24, 2.45) is 5.10 Å². The lowest BCUT2D eigenvalue weighted by atomic mass is 10.1. The molecule has 10 heteroatoms. The van der Waals surface area contributed by atoms with E-state index in [1.54, 1.807) is 0 Å². The third kappa shape index (κ3) is 5.90. The van der Waals surface area contributed by atoms with Crippen LogP contribution in [0.4, 0.5) is 5.69 Å². The van der Waals surface area contributed by atoms with Gasteiger partial charge in [0.15, 0.2) is 11.5 Å². The number of rotatable bonds is 8. The molecule has 1 aliphatic rings. The number of methoxy groups -OCH3 is 2. The van der Waals surface area contributed by atoms with Crippen molar-refractivity contribution in [3.05, 3.63) is 27.8 Å². The first-order valence-electron chi connectivity index (χ1n) is 8.81. The average molecular weight is 381 g/mol. The topological polar surface area (TPSA) is 112 Å². The van der Waals surface area contributed by atoms with Crippen molar-refractivity contribution < 1.29 is 29.0 Å². The lowest BCUT2D eigenvalue weighted by Gasteiger charge is -2.26. The van der Waals surface area contributed by atoms with Crippen LogP contribution in [0.3, 0.4) is 0 Å². The molecule has 148 valence electrons. The highest BCUT2D eigenvalue weighted by Crippen LogP contribution is 2.33. The molecule has 1 aromatic rings. The number of nitrogens with zero attached hydrogens (tertiary/aromatic N) is 2. The predicted octanol–water partition coefficient (Wildman–Crippen LogP) is -2.13. The molecule has 3 N–H and O–H groups in total. The summed E-state index contributed by atoms with van der Waals surface area (Å²) in [5, 5.41) is 15.1. The van der Waals surface area contributed by atoms with E-state index in [0.717, 1.165) is 32.7 Å². The molecular formula is C17H27N5O5+2. The summed E-state index contributed by atoms with van der Waals surface area (Å²) in [4.78, 5) is 25.6. The molecule has 10 nitrogen and oxygen atoms in total. The highest BCUT2D eigenvalue weighted by atomic mass is 16.6. The summed E-state index contributed by atoms with van der Waals surface area (Å²) < 4.78 is 10.2. The van der Waals surface area contributed by atoms with E-state index in [-0.39, 0.29) is 22.9 Å². The molecule has 1 fully saturated rings. The van der Waals surface area contributed by atoms with Gasteiger partial charge in [0.25, 0.3) is 5.69 Å². The molecule has 0 radical (unpaired) electrons. The van der Waals surface area contributed by atoms with Crippen LogP contribution in [0.5, 0.6) is 11.5 Å². The second kappa shape index (κ2) is 9.83. The third-order valence-corrected chi connectivity index (χ3v) is 4.64.